The van der Waals surface area contributed by atoms with Crippen LogP contribution in [0, 0.1) is 5.82 Å². The summed E-state index contributed by atoms with van der Waals surface area (Å²) in [5, 5.41) is 14.0. The molecule has 0 unspecified atom stereocenters. The van der Waals surface area contributed by atoms with Gasteiger partial charge in [0.2, 0.25) is 5.91 Å². The lowest BCUT2D eigenvalue weighted by molar-refractivity contribution is -0.115. The fraction of sp³-hybridized carbons (Fsp3) is 0. The largest absolute Gasteiger partial charge is 0.332 e. The molecule has 7 heteroatoms. The second-order valence-corrected chi connectivity index (χ2v) is 6.32. The summed E-state index contributed by atoms with van der Waals surface area (Å²) < 4.78 is 12.9. The minimum atomic E-state index is -0.389. The Morgan fingerprint density at radius 1 is 0.862 bits per heavy atom. The molecule has 144 valence electrons. The zero-order valence-electron chi connectivity index (χ0n) is 15.2. The van der Waals surface area contributed by atoms with E-state index in [-0.39, 0.29) is 16.8 Å². The lowest BCUT2D eigenvalue weighted by Crippen LogP contribution is -2.32. The van der Waals surface area contributed by atoms with Crippen LogP contribution in [0.3, 0.4) is 0 Å². The number of rotatable bonds is 5. The monoisotopic (exact) mass is 404 g/mol. The van der Waals surface area contributed by atoms with Gasteiger partial charge in [-0.05, 0) is 72.4 Å². The van der Waals surface area contributed by atoms with E-state index in [2.05, 4.69) is 20.9 Å². The molecule has 0 saturated carbocycles. The number of benzene rings is 3. The van der Waals surface area contributed by atoms with Crippen molar-refractivity contribution < 1.29 is 9.18 Å². The molecule has 0 spiro atoms. The van der Waals surface area contributed by atoms with E-state index in [0.717, 1.165) is 5.69 Å². The molecule has 3 aromatic rings. The van der Waals surface area contributed by atoms with Crippen LogP contribution >= 0.6 is 12.2 Å². The minimum absolute atomic E-state index is 0.164. The van der Waals surface area contributed by atoms with Crippen molar-refractivity contribution in [3.8, 4) is 0 Å². The second kappa shape index (κ2) is 10.0. The van der Waals surface area contributed by atoms with Gasteiger partial charge < -0.3 is 5.32 Å². The highest BCUT2D eigenvalue weighted by Crippen LogP contribution is 2.20. The van der Waals surface area contributed by atoms with Crippen molar-refractivity contribution in [1.29, 1.82) is 0 Å². The van der Waals surface area contributed by atoms with Crippen LogP contribution in [0.25, 0.3) is 6.08 Å². The first kappa shape index (κ1) is 20.0. The van der Waals surface area contributed by atoms with E-state index in [1.165, 1.54) is 18.2 Å². The second-order valence-electron chi connectivity index (χ2n) is 5.91. The standard InChI is InChI=1S/C22H17FN4OS/c23-17-9-6-16(7-10-17)8-15-21(28)25-22(29)24-18-11-13-20(14-12-18)27-26-19-4-2-1-3-5-19/h1-15H,(H2,24,25,28,29)/b15-8+,27-26?. The average molecular weight is 404 g/mol. The molecule has 0 aliphatic rings. The number of azo groups is 1. The SMILES string of the molecule is O=C(/C=C/c1ccc(F)cc1)NC(=S)Nc1ccc(N=Nc2ccccc2)cc1. The van der Waals surface area contributed by atoms with Gasteiger partial charge in [0.25, 0.3) is 0 Å². The Morgan fingerprint density at radius 3 is 2.14 bits per heavy atom. The van der Waals surface area contributed by atoms with Crippen molar-refractivity contribution in [2.45, 2.75) is 0 Å². The summed E-state index contributed by atoms with van der Waals surface area (Å²) in [5.41, 5.74) is 2.88. The number of carbonyl (C=O) groups is 1. The Hall–Kier alpha value is -3.71. The molecule has 0 aromatic heterocycles. The van der Waals surface area contributed by atoms with Crippen LogP contribution in [0.4, 0.5) is 21.5 Å². The van der Waals surface area contributed by atoms with Crippen LogP contribution in [0.1, 0.15) is 5.56 Å². The van der Waals surface area contributed by atoms with E-state index in [9.17, 15) is 9.18 Å². The highest BCUT2D eigenvalue weighted by molar-refractivity contribution is 7.80. The number of hydrogen-bond donors (Lipinski definition) is 2. The van der Waals surface area contributed by atoms with Gasteiger partial charge in [-0.2, -0.15) is 10.2 Å². The number of amides is 1. The fourth-order valence-corrected chi connectivity index (χ4v) is 2.50. The predicted octanol–water partition coefficient (Wildman–Crippen LogP) is 5.77. The molecule has 2 N–H and O–H groups in total. The maximum atomic E-state index is 12.9. The van der Waals surface area contributed by atoms with Gasteiger partial charge in [0.05, 0.1) is 11.4 Å². The number of hydrogen-bond acceptors (Lipinski definition) is 4. The number of anilines is 1. The Bertz CT molecular complexity index is 1030. The van der Waals surface area contributed by atoms with Crippen LogP contribution in [-0.2, 0) is 4.79 Å². The number of nitrogens with zero attached hydrogens (tertiary/aromatic N) is 2. The van der Waals surface area contributed by atoms with Gasteiger partial charge in [-0.3, -0.25) is 10.1 Å². The van der Waals surface area contributed by atoms with Gasteiger partial charge in [-0.15, -0.1) is 0 Å². The highest BCUT2D eigenvalue weighted by atomic mass is 32.1. The van der Waals surface area contributed by atoms with E-state index in [1.54, 1.807) is 42.5 Å². The topological polar surface area (TPSA) is 65.8 Å². The Balaban J connectivity index is 1.50. The maximum absolute atomic E-state index is 12.9. The Morgan fingerprint density at radius 2 is 1.48 bits per heavy atom. The maximum Gasteiger partial charge on any atom is 0.250 e. The van der Waals surface area contributed by atoms with Crippen molar-refractivity contribution in [3.63, 3.8) is 0 Å². The van der Waals surface area contributed by atoms with Crippen molar-refractivity contribution >= 4 is 46.4 Å². The third-order valence-electron chi connectivity index (χ3n) is 3.70. The van der Waals surface area contributed by atoms with Gasteiger partial charge in [-0.1, -0.05) is 30.3 Å². The Labute approximate surface area is 173 Å². The summed E-state index contributed by atoms with van der Waals surface area (Å²) >= 11 is 5.14. The zero-order valence-corrected chi connectivity index (χ0v) is 16.1. The number of halogens is 1. The first-order valence-corrected chi connectivity index (χ1v) is 9.12. The van der Waals surface area contributed by atoms with Crippen LogP contribution in [0.2, 0.25) is 0 Å². The van der Waals surface area contributed by atoms with E-state index in [1.807, 2.05) is 30.3 Å². The molecule has 0 heterocycles. The van der Waals surface area contributed by atoms with Crippen molar-refractivity contribution in [2.24, 2.45) is 10.2 Å². The van der Waals surface area contributed by atoms with E-state index in [4.69, 9.17) is 12.2 Å². The zero-order chi connectivity index (χ0) is 20.5. The summed E-state index contributed by atoms with van der Waals surface area (Å²) in [5.74, 6) is -0.718. The molecule has 0 radical (unpaired) electrons. The molecule has 0 saturated heterocycles. The molecular weight excluding hydrogens is 387 g/mol. The first-order valence-electron chi connectivity index (χ1n) is 8.71. The molecule has 0 aliphatic carbocycles. The minimum Gasteiger partial charge on any atom is -0.332 e. The molecule has 5 nitrogen and oxygen atoms in total. The van der Waals surface area contributed by atoms with Crippen LogP contribution in [0.5, 0.6) is 0 Å². The van der Waals surface area contributed by atoms with Gasteiger partial charge in [0.1, 0.15) is 5.82 Å². The van der Waals surface area contributed by atoms with Crippen molar-refractivity contribution in [2.75, 3.05) is 5.32 Å². The number of nitrogens with one attached hydrogen (secondary N) is 2. The van der Waals surface area contributed by atoms with E-state index >= 15 is 0 Å². The third kappa shape index (κ3) is 6.75. The molecule has 29 heavy (non-hydrogen) atoms. The van der Waals surface area contributed by atoms with E-state index < -0.39 is 0 Å². The molecule has 3 rings (SSSR count). The molecule has 0 fully saturated rings. The van der Waals surface area contributed by atoms with Crippen LogP contribution in [-0.4, -0.2) is 11.0 Å². The van der Waals surface area contributed by atoms with Gasteiger partial charge >= 0.3 is 0 Å². The molecule has 0 atom stereocenters. The summed E-state index contributed by atoms with van der Waals surface area (Å²) in [7, 11) is 0. The van der Waals surface area contributed by atoms with Crippen LogP contribution in [0.15, 0.2) is 95.2 Å². The number of thiocarbonyl (C=S) groups is 1. The van der Waals surface area contributed by atoms with Crippen LogP contribution < -0.4 is 10.6 Å². The van der Waals surface area contributed by atoms with Gasteiger partial charge in [0, 0.05) is 11.8 Å². The van der Waals surface area contributed by atoms with Crippen molar-refractivity contribution in [1.82, 2.24) is 5.32 Å². The molecular formula is C22H17FN4OS. The average Bonchev–Trinajstić information content (AvgIpc) is 2.73. The molecule has 3 aromatic carbocycles. The molecule has 0 bridgehead atoms. The lowest BCUT2D eigenvalue weighted by Gasteiger charge is -2.08. The van der Waals surface area contributed by atoms with Gasteiger partial charge in [0.15, 0.2) is 5.11 Å². The lowest BCUT2D eigenvalue weighted by atomic mass is 10.2. The predicted molar refractivity (Wildman–Crippen MR) is 117 cm³/mol. The highest BCUT2D eigenvalue weighted by Gasteiger charge is 2.02. The number of carbonyl (C=O) groups excluding carboxylic acids is 1. The summed E-state index contributed by atoms with van der Waals surface area (Å²) in [4.78, 5) is 11.9. The normalized spacial score (nSPS) is 10.9. The third-order valence-corrected chi connectivity index (χ3v) is 3.90. The Kier molecular flexibility index (Phi) is 6.91. The molecule has 0 aliphatic heterocycles. The molecule has 1 amide bonds. The summed E-state index contributed by atoms with van der Waals surface area (Å²) in [6, 6.07) is 22.4. The summed E-state index contributed by atoms with van der Waals surface area (Å²) in [6.07, 6.45) is 2.90. The fourth-order valence-electron chi connectivity index (χ4n) is 2.28. The smallest absolute Gasteiger partial charge is 0.250 e. The van der Waals surface area contributed by atoms with Gasteiger partial charge in [-0.25, -0.2) is 4.39 Å². The summed E-state index contributed by atoms with van der Waals surface area (Å²) in [6.45, 7) is 0. The van der Waals surface area contributed by atoms with E-state index in [0.29, 0.717) is 16.9 Å². The quantitative estimate of drug-likeness (QED) is 0.322. The van der Waals surface area contributed by atoms with Crippen molar-refractivity contribution in [3.05, 3.63) is 96.3 Å². The first-order chi connectivity index (χ1) is 14.1.